The largest absolute Gasteiger partial charge is 0.385 e. The van der Waals surface area contributed by atoms with Gasteiger partial charge in [0.15, 0.2) is 0 Å². The molecule has 206 valence electrons. The molecule has 1 fully saturated rings. The number of aromatic nitrogens is 2. The maximum absolute atomic E-state index is 13.2. The molecule has 0 spiro atoms. The third kappa shape index (κ3) is 6.26. The van der Waals surface area contributed by atoms with Crippen molar-refractivity contribution in [1.29, 1.82) is 5.26 Å². The average Bonchev–Trinajstić information content (AvgIpc) is 3.32. The van der Waals surface area contributed by atoms with Crippen LogP contribution in [0.15, 0.2) is 48.7 Å². The fraction of sp³-hybridized carbons (Fsp3) is 0.414. The summed E-state index contributed by atoms with van der Waals surface area (Å²) in [7, 11) is 3.38. The Morgan fingerprint density at radius 1 is 1.21 bits per heavy atom. The van der Waals surface area contributed by atoms with Gasteiger partial charge >= 0.3 is 0 Å². The highest BCUT2D eigenvalue weighted by atomic mass is 35.5. The predicted molar refractivity (Wildman–Crippen MR) is 153 cm³/mol. The summed E-state index contributed by atoms with van der Waals surface area (Å²) in [6.07, 6.45) is 4.67. The number of hydrogen-bond acceptors (Lipinski definition) is 7. The second-order valence-corrected chi connectivity index (χ2v) is 10.4. The van der Waals surface area contributed by atoms with Crippen LogP contribution in [0.25, 0.3) is 5.69 Å². The van der Waals surface area contributed by atoms with Gasteiger partial charge in [0.1, 0.15) is 6.07 Å². The average molecular weight is 551 g/mol. The molecule has 1 amide bonds. The first-order chi connectivity index (χ1) is 18.8. The smallest absolute Gasteiger partial charge is 0.259 e. The molecule has 0 radical (unpaired) electrons. The minimum absolute atomic E-state index is 0.0658. The lowest BCUT2D eigenvalue weighted by molar-refractivity contribution is 0.102. The fourth-order valence-corrected chi connectivity index (χ4v) is 5.53. The summed E-state index contributed by atoms with van der Waals surface area (Å²) in [5.41, 5.74) is 9.90. The van der Waals surface area contributed by atoms with Crippen LogP contribution in [-0.2, 0) is 9.47 Å². The molecule has 39 heavy (non-hydrogen) atoms. The first kappa shape index (κ1) is 28.6. The van der Waals surface area contributed by atoms with Gasteiger partial charge in [0.05, 0.1) is 34.4 Å². The highest BCUT2D eigenvalue weighted by Crippen LogP contribution is 2.40. The number of carbonyl (C=O) groups excluding carboxylic acids is 1. The van der Waals surface area contributed by atoms with E-state index in [1.165, 1.54) is 6.20 Å². The molecule has 1 aromatic heterocycles. The highest BCUT2D eigenvalue weighted by molar-refractivity contribution is 6.30. The highest BCUT2D eigenvalue weighted by Gasteiger charge is 2.42. The van der Waals surface area contributed by atoms with Gasteiger partial charge in [-0.1, -0.05) is 11.6 Å². The lowest BCUT2D eigenvalue weighted by Crippen LogP contribution is -2.58. The number of nitriles is 1. The summed E-state index contributed by atoms with van der Waals surface area (Å²) in [5.74, 6) is -0.303. The lowest BCUT2D eigenvalue weighted by atomic mass is 9.78. The lowest BCUT2D eigenvalue weighted by Gasteiger charge is -2.51. The van der Waals surface area contributed by atoms with E-state index in [2.05, 4.69) is 21.4 Å². The molecule has 1 aliphatic heterocycles. The SMILES string of the molecule is COCCC1(CCOC)CC(N)CCN1c1ccc(NC(=O)c2cnn(-c3ccc(Cl)cc3)c2C)cc1C#N. The number of carbonyl (C=O) groups is 1. The van der Waals surface area contributed by atoms with Crippen molar-refractivity contribution < 1.29 is 14.3 Å². The number of nitrogens with zero attached hydrogens (tertiary/aromatic N) is 4. The van der Waals surface area contributed by atoms with Gasteiger partial charge in [-0.3, -0.25) is 4.79 Å². The number of halogens is 1. The van der Waals surface area contributed by atoms with E-state index in [1.54, 1.807) is 37.1 Å². The van der Waals surface area contributed by atoms with Crippen LogP contribution in [0, 0.1) is 18.3 Å². The van der Waals surface area contributed by atoms with Crippen LogP contribution in [0.4, 0.5) is 11.4 Å². The summed E-state index contributed by atoms with van der Waals surface area (Å²) >= 11 is 6.00. The second-order valence-electron chi connectivity index (χ2n) is 9.94. The number of amides is 1. The Morgan fingerprint density at radius 3 is 2.54 bits per heavy atom. The van der Waals surface area contributed by atoms with Gasteiger partial charge in [0, 0.05) is 56.3 Å². The van der Waals surface area contributed by atoms with Crippen LogP contribution in [0.5, 0.6) is 0 Å². The molecule has 0 bridgehead atoms. The number of anilines is 2. The molecule has 9 nitrogen and oxygen atoms in total. The molecule has 3 N–H and O–H groups in total. The van der Waals surface area contributed by atoms with Gasteiger partial charge in [-0.15, -0.1) is 0 Å². The van der Waals surface area contributed by atoms with E-state index in [0.29, 0.717) is 40.7 Å². The summed E-state index contributed by atoms with van der Waals surface area (Å²) in [6.45, 7) is 3.71. The molecule has 10 heteroatoms. The first-order valence-electron chi connectivity index (χ1n) is 13.0. The standard InChI is InChI=1S/C29H35ClN6O3/c1-20-26(19-33-36(20)25-7-4-22(30)5-8-25)28(37)34-24-6-9-27(21(16-24)18-31)35-13-10-23(32)17-29(35,11-14-38-2)12-15-39-3/h4-9,16,19,23H,10-15,17,32H2,1-3H3,(H,34,37). The van der Waals surface area contributed by atoms with E-state index < -0.39 is 0 Å². The van der Waals surface area contributed by atoms with Gasteiger partial charge in [0.2, 0.25) is 0 Å². The van der Waals surface area contributed by atoms with Crippen molar-refractivity contribution in [1.82, 2.24) is 9.78 Å². The topological polar surface area (TPSA) is 118 Å². The third-order valence-corrected chi connectivity index (χ3v) is 7.72. The molecule has 2 heterocycles. The van der Waals surface area contributed by atoms with Gasteiger partial charge in [-0.2, -0.15) is 10.4 Å². The normalized spacial score (nSPS) is 16.6. The molecule has 0 aliphatic carbocycles. The van der Waals surface area contributed by atoms with Crippen molar-refractivity contribution in [2.75, 3.05) is 44.2 Å². The van der Waals surface area contributed by atoms with E-state index in [1.807, 2.05) is 31.2 Å². The number of nitrogens with two attached hydrogens (primary N) is 1. The molecule has 0 saturated carbocycles. The van der Waals surface area contributed by atoms with Crippen molar-refractivity contribution >= 4 is 28.9 Å². The van der Waals surface area contributed by atoms with Crippen molar-refractivity contribution in [3.63, 3.8) is 0 Å². The van der Waals surface area contributed by atoms with Crippen molar-refractivity contribution in [3.8, 4) is 11.8 Å². The van der Waals surface area contributed by atoms with Gasteiger partial charge in [-0.05, 0) is 75.1 Å². The maximum Gasteiger partial charge on any atom is 0.259 e. The molecule has 1 saturated heterocycles. The van der Waals surface area contributed by atoms with E-state index in [0.717, 1.165) is 43.6 Å². The van der Waals surface area contributed by atoms with Crippen LogP contribution in [0.3, 0.4) is 0 Å². The monoisotopic (exact) mass is 550 g/mol. The van der Waals surface area contributed by atoms with E-state index in [-0.39, 0.29) is 17.5 Å². The number of nitrogens with one attached hydrogen (secondary N) is 1. The van der Waals surface area contributed by atoms with Crippen LogP contribution in [0.1, 0.15) is 47.3 Å². The minimum Gasteiger partial charge on any atom is -0.385 e. The minimum atomic E-state index is -0.303. The van der Waals surface area contributed by atoms with Crippen LogP contribution in [0.2, 0.25) is 5.02 Å². The van der Waals surface area contributed by atoms with E-state index >= 15 is 0 Å². The van der Waals surface area contributed by atoms with E-state index in [4.69, 9.17) is 26.8 Å². The molecular weight excluding hydrogens is 516 g/mol. The van der Waals surface area contributed by atoms with Crippen molar-refractivity contribution in [2.24, 2.45) is 5.73 Å². The van der Waals surface area contributed by atoms with Gasteiger partial charge < -0.3 is 25.4 Å². The van der Waals surface area contributed by atoms with Crippen LogP contribution >= 0.6 is 11.6 Å². The Labute approximate surface area is 234 Å². The Morgan fingerprint density at radius 2 is 1.90 bits per heavy atom. The Hall–Kier alpha value is -3.42. The van der Waals surface area contributed by atoms with Crippen LogP contribution < -0.4 is 16.0 Å². The quantitative estimate of drug-likeness (QED) is 0.375. The number of ether oxygens (including phenoxy) is 2. The maximum atomic E-state index is 13.2. The molecule has 4 rings (SSSR count). The number of benzene rings is 2. The number of hydrogen-bond donors (Lipinski definition) is 2. The van der Waals surface area contributed by atoms with Crippen molar-refractivity contribution in [2.45, 2.75) is 44.2 Å². The fourth-order valence-electron chi connectivity index (χ4n) is 5.40. The van der Waals surface area contributed by atoms with Crippen molar-refractivity contribution in [3.05, 3.63) is 70.5 Å². The summed E-state index contributed by atoms with van der Waals surface area (Å²) in [6, 6.07) is 15.1. The van der Waals surface area contributed by atoms with Crippen LogP contribution in [-0.4, -0.2) is 61.2 Å². The third-order valence-electron chi connectivity index (χ3n) is 7.47. The zero-order chi connectivity index (χ0) is 28.0. The molecule has 3 aromatic rings. The molecular formula is C29H35ClN6O3. The molecule has 1 atom stereocenters. The number of rotatable bonds is 10. The Balaban J connectivity index is 1.59. The molecule has 1 aliphatic rings. The molecule has 2 aromatic carbocycles. The summed E-state index contributed by atoms with van der Waals surface area (Å²) < 4.78 is 12.6. The van der Waals surface area contributed by atoms with Gasteiger partial charge in [-0.25, -0.2) is 4.68 Å². The second kappa shape index (κ2) is 12.6. The predicted octanol–water partition coefficient (Wildman–Crippen LogP) is 4.70. The Bertz CT molecular complexity index is 1330. The molecule has 1 unspecified atom stereocenters. The zero-order valence-electron chi connectivity index (χ0n) is 22.6. The van der Waals surface area contributed by atoms with Gasteiger partial charge in [0.25, 0.3) is 5.91 Å². The summed E-state index contributed by atoms with van der Waals surface area (Å²) in [5, 5.41) is 18.0. The number of piperidine rings is 1. The number of methoxy groups -OCH3 is 2. The summed E-state index contributed by atoms with van der Waals surface area (Å²) in [4.78, 5) is 15.5. The first-order valence-corrected chi connectivity index (χ1v) is 13.4. The van der Waals surface area contributed by atoms with E-state index in [9.17, 15) is 10.1 Å². The zero-order valence-corrected chi connectivity index (χ0v) is 23.4. The Kier molecular flexibility index (Phi) is 9.25.